The maximum absolute atomic E-state index is 13.4. The summed E-state index contributed by atoms with van der Waals surface area (Å²) in [6.07, 6.45) is 5.37. The van der Waals surface area contributed by atoms with Crippen LogP contribution in [0.2, 0.25) is 0 Å². The largest absolute Gasteiger partial charge is 0.457 e. The predicted molar refractivity (Wildman–Crippen MR) is 140 cm³/mol. The first-order chi connectivity index (χ1) is 18.0. The van der Waals surface area contributed by atoms with Gasteiger partial charge in [-0.2, -0.15) is 0 Å². The minimum absolute atomic E-state index is 0.0452. The van der Waals surface area contributed by atoms with Crippen LogP contribution in [-0.2, 0) is 4.79 Å². The number of aromatic nitrogens is 3. The number of anilines is 1. The molecule has 2 heterocycles. The van der Waals surface area contributed by atoms with Gasteiger partial charge in [0.15, 0.2) is 5.78 Å². The number of ketones is 1. The van der Waals surface area contributed by atoms with Crippen molar-refractivity contribution in [3.8, 4) is 11.5 Å². The molecule has 9 nitrogen and oxygen atoms in total. The van der Waals surface area contributed by atoms with Crippen LogP contribution in [0.25, 0.3) is 11.0 Å². The Labute approximate surface area is 214 Å². The molecule has 2 aromatic carbocycles. The number of benzene rings is 2. The monoisotopic (exact) mass is 499 g/mol. The highest BCUT2D eigenvalue weighted by Crippen LogP contribution is 2.29. The molecule has 1 saturated carbocycles. The van der Waals surface area contributed by atoms with Gasteiger partial charge in [0.05, 0.1) is 10.9 Å². The van der Waals surface area contributed by atoms with Crippen LogP contribution in [0.15, 0.2) is 67.1 Å². The average Bonchev–Trinajstić information content (AvgIpc) is 3.36. The van der Waals surface area contributed by atoms with E-state index in [9.17, 15) is 14.7 Å². The van der Waals surface area contributed by atoms with Crippen molar-refractivity contribution in [3.63, 3.8) is 0 Å². The van der Waals surface area contributed by atoms with Crippen LogP contribution >= 0.6 is 0 Å². The molecular formula is C28H29N5O4. The Morgan fingerprint density at radius 1 is 0.973 bits per heavy atom. The van der Waals surface area contributed by atoms with Gasteiger partial charge in [-0.3, -0.25) is 9.59 Å². The highest BCUT2D eigenvalue weighted by Gasteiger charge is 2.25. The smallest absolute Gasteiger partial charge is 0.248 e. The van der Waals surface area contributed by atoms with Gasteiger partial charge in [0.1, 0.15) is 35.4 Å². The highest BCUT2D eigenvalue weighted by atomic mass is 16.5. The lowest BCUT2D eigenvalue weighted by Crippen LogP contribution is -2.43. The first kappa shape index (κ1) is 24.5. The Kier molecular flexibility index (Phi) is 7.14. The number of carbonyl (C=O) groups is 2. The van der Waals surface area contributed by atoms with E-state index in [2.05, 4.69) is 25.6 Å². The van der Waals surface area contributed by atoms with Gasteiger partial charge in [-0.05, 0) is 69.0 Å². The maximum atomic E-state index is 13.4. The van der Waals surface area contributed by atoms with Gasteiger partial charge in [-0.1, -0.05) is 18.2 Å². The highest BCUT2D eigenvalue weighted by molar-refractivity contribution is 6.18. The van der Waals surface area contributed by atoms with Crippen LogP contribution in [0.5, 0.6) is 11.5 Å². The molecule has 9 heteroatoms. The minimum Gasteiger partial charge on any atom is -0.457 e. The zero-order chi connectivity index (χ0) is 25.8. The van der Waals surface area contributed by atoms with E-state index in [1.165, 1.54) is 13.3 Å². The van der Waals surface area contributed by atoms with Crippen LogP contribution < -0.4 is 15.4 Å². The molecule has 0 unspecified atom stereocenters. The van der Waals surface area contributed by atoms with Gasteiger partial charge in [-0.15, -0.1) is 0 Å². The zero-order valence-corrected chi connectivity index (χ0v) is 20.5. The molecule has 1 aliphatic rings. The van der Waals surface area contributed by atoms with Crippen molar-refractivity contribution in [2.24, 2.45) is 0 Å². The van der Waals surface area contributed by atoms with Crippen molar-refractivity contribution in [2.75, 3.05) is 5.32 Å². The van der Waals surface area contributed by atoms with Crippen LogP contribution in [0.4, 0.5) is 5.82 Å². The number of rotatable bonds is 8. The summed E-state index contributed by atoms with van der Waals surface area (Å²) in [5.74, 6) is 1.50. The van der Waals surface area contributed by atoms with E-state index in [-0.39, 0.29) is 23.8 Å². The fraction of sp³-hybridized carbons (Fsp3) is 0.286. The number of hydrogen-bond donors (Lipinski definition) is 4. The molecule has 0 saturated heterocycles. The number of fused-ring (bicyclic) bond motifs is 1. The second-order valence-corrected chi connectivity index (χ2v) is 9.29. The fourth-order valence-corrected chi connectivity index (χ4v) is 4.60. The minimum atomic E-state index is -1.01. The van der Waals surface area contributed by atoms with Crippen molar-refractivity contribution in [2.45, 2.75) is 50.8 Å². The van der Waals surface area contributed by atoms with Crippen molar-refractivity contribution in [1.82, 2.24) is 20.3 Å². The Bertz CT molecular complexity index is 1380. The van der Waals surface area contributed by atoms with Gasteiger partial charge < -0.3 is 25.5 Å². The van der Waals surface area contributed by atoms with Crippen molar-refractivity contribution in [3.05, 3.63) is 78.2 Å². The first-order valence-corrected chi connectivity index (χ1v) is 12.4. The summed E-state index contributed by atoms with van der Waals surface area (Å²) in [6, 6.07) is 16.7. The summed E-state index contributed by atoms with van der Waals surface area (Å²) >= 11 is 0. The Hall–Kier alpha value is -4.24. The molecule has 0 bridgehead atoms. The number of ether oxygens (including phenoxy) is 1. The number of para-hydroxylation sites is 1. The molecule has 2 aromatic heterocycles. The molecule has 0 spiro atoms. The Morgan fingerprint density at radius 2 is 1.65 bits per heavy atom. The molecule has 1 amide bonds. The van der Waals surface area contributed by atoms with Gasteiger partial charge >= 0.3 is 0 Å². The first-order valence-electron chi connectivity index (χ1n) is 12.4. The second-order valence-electron chi connectivity index (χ2n) is 9.29. The summed E-state index contributed by atoms with van der Waals surface area (Å²) < 4.78 is 5.83. The molecular weight excluding hydrogens is 470 g/mol. The van der Waals surface area contributed by atoms with E-state index in [0.29, 0.717) is 33.7 Å². The van der Waals surface area contributed by atoms with Crippen LogP contribution in [-0.4, -0.2) is 49.9 Å². The van der Waals surface area contributed by atoms with Gasteiger partial charge in [0, 0.05) is 23.8 Å². The summed E-state index contributed by atoms with van der Waals surface area (Å²) in [7, 11) is 0. The third kappa shape index (κ3) is 5.62. The van der Waals surface area contributed by atoms with Gasteiger partial charge in [-0.25, -0.2) is 9.97 Å². The van der Waals surface area contributed by atoms with E-state index < -0.39 is 6.10 Å². The van der Waals surface area contributed by atoms with Gasteiger partial charge in [0.2, 0.25) is 5.91 Å². The molecule has 1 atom stereocenters. The number of hydrogen-bond acceptors (Lipinski definition) is 7. The molecule has 4 aromatic rings. The lowest BCUT2D eigenvalue weighted by atomic mass is 9.91. The summed E-state index contributed by atoms with van der Waals surface area (Å²) in [5.41, 5.74) is 1.61. The number of nitrogens with zero attached hydrogens (tertiary/aromatic N) is 2. The lowest BCUT2D eigenvalue weighted by molar-refractivity contribution is -0.129. The molecule has 5 rings (SSSR count). The third-order valence-electron chi connectivity index (χ3n) is 6.60. The van der Waals surface area contributed by atoms with Crippen LogP contribution in [0, 0.1) is 0 Å². The average molecular weight is 500 g/mol. The van der Waals surface area contributed by atoms with Crippen LogP contribution in [0.3, 0.4) is 0 Å². The lowest BCUT2D eigenvalue weighted by Gasteiger charge is -2.30. The number of carbonyl (C=O) groups excluding carboxylic acids is 2. The van der Waals surface area contributed by atoms with E-state index in [1.54, 1.807) is 30.5 Å². The van der Waals surface area contributed by atoms with Crippen molar-refractivity contribution >= 4 is 28.5 Å². The van der Waals surface area contributed by atoms with E-state index in [1.807, 2.05) is 30.3 Å². The Morgan fingerprint density at radius 3 is 2.35 bits per heavy atom. The predicted octanol–water partition coefficient (Wildman–Crippen LogP) is 4.20. The number of aliphatic hydroxyl groups excluding tert-OH is 1. The zero-order valence-electron chi connectivity index (χ0n) is 20.5. The quantitative estimate of drug-likeness (QED) is 0.267. The number of aliphatic hydroxyl groups is 1. The molecule has 37 heavy (non-hydrogen) atoms. The molecule has 1 fully saturated rings. The second kappa shape index (κ2) is 10.8. The summed E-state index contributed by atoms with van der Waals surface area (Å²) in [4.78, 5) is 37.1. The standard InChI is InChI=1S/C28H29N5O4/c1-17(34)28(36)33-20-11-9-19(10-12-20)32-27-24-23(15-29-26(24)30-16-31-27)25(35)18-7-13-22(14-8-18)37-21-5-3-2-4-6-21/h2-8,13-17,19-20,34H,9-12H2,1H3,(H,33,36)(H2,29,30,31,32)/t17-,19?,20?/m1/s1. The number of aromatic amines is 1. The molecule has 190 valence electrons. The number of amides is 1. The van der Waals surface area contributed by atoms with E-state index >= 15 is 0 Å². The van der Waals surface area contributed by atoms with Gasteiger partial charge in [0.25, 0.3) is 0 Å². The SMILES string of the molecule is C[C@@H](O)C(=O)NC1CCC(Nc2ncnc3[nH]cc(C(=O)c4ccc(Oc5ccccc5)cc4)c23)CC1. The molecule has 1 aliphatic carbocycles. The van der Waals surface area contributed by atoms with Crippen molar-refractivity contribution < 1.29 is 19.4 Å². The Balaban J connectivity index is 1.29. The maximum Gasteiger partial charge on any atom is 0.248 e. The number of H-pyrrole nitrogens is 1. The summed E-state index contributed by atoms with van der Waals surface area (Å²) in [6.45, 7) is 1.46. The topological polar surface area (TPSA) is 129 Å². The molecule has 0 aliphatic heterocycles. The van der Waals surface area contributed by atoms with Crippen LogP contribution in [0.1, 0.15) is 48.5 Å². The van der Waals surface area contributed by atoms with E-state index in [0.717, 1.165) is 31.4 Å². The molecule has 4 N–H and O–H groups in total. The third-order valence-corrected chi connectivity index (χ3v) is 6.60. The van der Waals surface area contributed by atoms with Crippen molar-refractivity contribution in [1.29, 1.82) is 0 Å². The van der Waals surface area contributed by atoms with E-state index in [4.69, 9.17) is 4.74 Å². The summed E-state index contributed by atoms with van der Waals surface area (Å²) in [5, 5.41) is 16.5. The fourth-order valence-electron chi connectivity index (χ4n) is 4.60. The number of nitrogens with one attached hydrogen (secondary N) is 3. The molecule has 0 radical (unpaired) electrons. The normalized spacial score (nSPS) is 18.2.